The van der Waals surface area contributed by atoms with Gasteiger partial charge in [0.1, 0.15) is 24.2 Å². The molecule has 12 heavy (non-hydrogen) atoms. The molecule has 0 radical (unpaired) electrons. The lowest BCUT2D eigenvalue weighted by atomic mass is 10.2. The van der Waals surface area contributed by atoms with Crippen molar-refractivity contribution in [3.8, 4) is 0 Å². The molecule has 0 amide bonds. The van der Waals surface area contributed by atoms with Crippen LogP contribution in [0.4, 0.5) is 0 Å². The van der Waals surface area contributed by atoms with E-state index in [0.29, 0.717) is 18.8 Å². The van der Waals surface area contributed by atoms with Crippen LogP contribution in [0.15, 0.2) is 16.5 Å². The maximum atomic E-state index is 9.38. The van der Waals surface area contributed by atoms with Crippen LogP contribution in [0.25, 0.3) is 0 Å². The van der Waals surface area contributed by atoms with Gasteiger partial charge in [-0.2, -0.15) is 0 Å². The molecule has 1 rings (SSSR count). The smallest absolute Gasteiger partial charge is 0.132 e. The van der Waals surface area contributed by atoms with E-state index in [9.17, 15) is 5.11 Å². The van der Waals surface area contributed by atoms with Gasteiger partial charge in [-0.25, -0.2) is 0 Å². The quantitative estimate of drug-likeness (QED) is 0.750. The highest BCUT2D eigenvalue weighted by Gasteiger charge is 2.09. The molecule has 0 saturated heterocycles. The van der Waals surface area contributed by atoms with Gasteiger partial charge < -0.3 is 14.3 Å². The summed E-state index contributed by atoms with van der Waals surface area (Å²) in [6.45, 7) is 2.36. The summed E-state index contributed by atoms with van der Waals surface area (Å²) in [7, 11) is 1.61. The number of rotatable bonds is 4. The Morgan fingerprint density at radius 2 is 2.33 bits per heavy atom. The van der Waals surface area contributed by atoms with Gasteiger partial charge >= 0.3 is 0 Å². The van der Waals surface area contributed by atoms with E-state index in [1.807, 2.05) is 13.0 Å². The van der Waals surface area contributed by atoms with Crippen molar-refractivity contribution in [2.75, 3.05) is 7.11 Å². The molecule has 0 bridgehead atoms. The van der Waals surface area contributed by atoms with E-state index < -0.39 is 6.10 Å². The first-order valence-electron chi connectivity index (χ1n) is 4.03. The highest BCUT2D eigenvalue weighted by molar-refractivity contribution is 5.08. The molecule has 0 spiro atoms. The summed E-state index contributed by atoms with van der Waals surface area (Å²) >= 11 is 0. The fourth-order valence-electron chi connectivity index (χ4n) is 0.995. The second kappa shape index (κ2) is 4.28. The van der Waals surface area contributed by atoms with E-state index in [-0.39, 0.29) is 0 Å². The normalized spacial score (nSPS) is 13.2. The van der Waals surface area contributed by atoms with Crippen LogP contribution in [-0.4, -0.2) is 12.2 Å². The van der Waals surface area contributed by atoms with Crippen LogP contribution in [0.2, 0.25) is 0 Å². The van der Waals surface area contributed by atoms with Crippen molar-refractivity contribution >= 4 is 0 Å². The van der Waals surface area contributed by atoms with Gasteiger partial charge in [0.15, 0.2) is 0 Å². The largest absolute Gasteiger partial charge is 0.461 e. The third-order valence-electron chi connectivity index (χ3n) is 1.68. The van der Waals surface area contributed by atoms with Crippen LogP contribution in [0.3, 0.4) is 0 Å². The fourth-order valence-corrected chi connectivity index (χ4v) is 0.995. The Balaban J connectivity index is 2.63. The molecular weight excluding hydrogens is 156 g/mol. The van der Waals surface area contributed by atoms with Crippen molar-refractivity contribution in [3.05, 3.63) is 23.7 Å². The van der Waals surface area contributed by atoms with Crippen LogP contribution >= 0.6 is 0 Å². The minimum atomic E-state index is -0.490. The average molecular weight is 170 g/mol. The standard InChI is InChI=1S/C9H14O3/c1-3-8(10)9-5-4-7(12-9)6-11-2/h4-5,8,10H,3,6H2,1-2H3/t8-/m1/s1. The third-order valence-corrected chi connectivity index (χ3v) is 1.68. The molecule has 0 saturated carbocycles. The SMILES string of the molecule is CC[C@@H](O)c1ccc(COC)o1. The van der Waals surface area contributed by atoms with Gasteiger partial charge in [0.05, 0.1) is 0 Å². The van der Waals surface area contributed by atoms with E-state index in [2.05, 4.69) is 0 Å². The lowest BCUT2D eigenvalue weighted by Crippen LogP contribution is -1.91. The molecule has 0 fully saturated rings. The monoisotopic (exact) mass is 170 g/mol. The summed E-state index contributed by atoms with van der Waals surface area (Å²) < 4.78 is 10.2. The lowest BCUT2D eigenvalue weighted by Gasteiger charge is -2.02. The first kappa shape index (κ1) is 9.29. The zero-order chi connectivity index (χ0) is 8.97. The second-order valence-corrected chi connectivity index (χ2v) is 2.66. The molecule has 0 aromatic carbocycles. The van der Waals surface area contributed by atoms with Crippen LogP contribution < -0.4 is 0 Å². The lowest BCUT2D eigenvalue weighted by molar-refractivity contribution is 0.128. The van der Waals surface area contributed by atoms with Gasteiger partial charge in [-0.15, -0.1) is 0 Å². The molecule has 1 aromatic heterocycles. The van der Waals surface area contributed by atoms with Crippen molar-refractivity contribution in [2.24, 2.45) is 0 Å². The third kappa shape index (κ3) is 2.09. The topological polar surface area (TPSA) is 42.6 Å². The minimum absolute atomic E-state index is 0.455. The molecule has 3 heteroatoms. The van der Waals surface area contributed by atoms with Gasteiger partial charge in [-0.05, 0) is 18.6 Å². The molecule has 1 N–H and O–H groups in total. The van der Waals surface area contributed by atoms with Crippen molar-refractivity contribution < 1.29 is 14.3 Å². The zero-order valence-electron chi connectivity index (χ0n) is 7.41. The van der Waals surface area contributed by atoms with E-state index >= 15 is 0 Å². The molecule has 0 unspecified atom stereocenters. The average Bonchev–Trinajstić information content (AvgIpc) is 2.52. The predicted octanol–water partition coefficient (Wildman–Crippen LogP) is 1.87. The maximum absolute atomic E-state index is 9.38. The van der Waals surface area contributed by atoms with E-state index in [1.165, 1.54) is 0 Å². The molecule has 68 valence electrons. The molecule has 0 aliphatic carbocycles. The van der Waals surface area contributed by atoms with Crippen LogP contribution in [0.1, 0.15) is 31.0 Å². The Bertz CT molecular complexity index is 229. The Morgan fingerprint density at radius 3 is 2.92 bits per heavy atom. The van der Waals surface area contributed by atoms with Crippen molar-refractivity contribution in [2.45, 2.75) is 26.1 Å². The number of furan rings is 1. The van der Waals surface area contributed by atoms with Crippen LogP contribution in [-0.2, 0) is 11.3 Å². The van der Waals surface area contributed by atoms with Gasteiger partial charge in [0, 0.05) is 7.11 Å². The van der Waals surface area contributed by atoms with E-state index in [0.717, 1.165) is 5.76 Å². The Morgan fingerprint density at radius 1 is 1.58 bits per heavy atom. The number of ether oxygens (including phenoxy) is 1. The molecular formula is C9H14O3. The maximum Gasteiger partial charge on any atom is 0.132 e. The van der Waals surface area contributed by atoms with Gasteiger partial charge in [-0.3, -0.25) is 0 Å². The van der Waals surface area contributed by atoms with Crippen molar-refractivity contribution in [1.29, 1.82) is 0 Å². The summed E-state index contributed by atoms with van der Waals surface area (Å²) in [5.41, 5.74) is 0. The van der Waals surface area contributed by atoms with Gasteiger partial charge in [0.2, 0.25) is 0 Å². The molecule has 0 aliphatic rings. The Kier molecular flexibility index (Phi) is 3.31. The number of aliphatic hydroxyl groups excluding tert-OH is 1. The summed E-state index contributed by atoms with van der Waals surface area (Å²) in [6.07, 6.45) is 0.176. The van der Waals surface area contributed by atoms with E-state index in [1.54, 1.807) is 13.2 Å². The first-order valence-corrected chi connectivity index (χ1v) is 4.03. The number of aliphatic hydroxyl groups is 1. The summed E-state index contributed by atoms with van der Waals surface area (Å²) in [5, 5.41) is 9.38. The summed E-state index contributed by atoms with van der Waals surface area (Å²) in [6, 6.07) is 3.60. The minimum Gasteiger partial charge on any atom is -0.461 e. The van der Waals surface area contributed by atoms with Gasteiger partial charge in [-0.1, -0.05) is 6.92 Å². The highest BCUT2D eigenvalue weighted by Crippen LogP contribution is 2.19. The first-order chi connectivity index (χ1) is 5.77. The van der Waals surface area contributed by atoms with Crippen molar-refractivity contribution in [3.63, 3.8) is 0 Å². The zero-order valence-corrected chi connectivity index (χ0v) is 7.41. The van der Waals surface area contributed by atoms with Crippen LogP contribution in [0.5, 0.6) is 0 Å². The molecule has 0 aliphatic heterocycles. The van der Waals surface area contributed by atoms with Crippen molar-refractivity contribution in [1.82, 2.24) is 0 Å². The predicted molar refractivity (Wildman–Crippen MR) is 44.7 cm³/mol. The molecule has 1 atom stereocenters. The number of methoxy groups -OCH3 is 1. The second-order valence-electron chi connectivity index (χ2n) is 2.66. The van der Waals surface area contributed by atoms with Crippen LogP contribution in [0, 0.1) is 0 Å². The summed E-state index contributed by atoms with van der Waals surface area (Å²) in [5.74, 6) is 1.37. The molecule has 1 aromatic rings. The molecule has 1 heterocycles. The fraction of sp³-hybridized carbons (Fsp3) is 0.556. The number of hydrogen-bond donors (Lipinski definition) is 1. The summed E-state index contributed by atoms with van der Waals surface area (Å²) in [4.78, 5) is 0. The number of hydrogen-bond acceptors (Lipinski definition) is 3. The Labute approximate surface area is 72.0 Å². The van der Waals surface area contributed by atoms with Gasteiger partial charge in [0.25, 0.3) is 0 Å². The highest BCUT2D eigenvalue weighted by atomic mass is 16.5. The Hall–Kier alpha value is -0.800. The van der Waals surface area contributed by atoms with E-state index in [4.69, 9.17) is 9.15 Å². The molecule has 3 nitrogen and oxygen atoms in total.